The predicted octanol–water partition coefficient (Wildman–Crippen LogP) is 2.24. The summed E-state index contributed by atoms with van der Waals surface area (Å²) in [4.78, 5) is 0. The lowest BCUT2D eigenvalue weighted by Gasteiger charge is -2.31. The third-order valence-electron chi connectivity index (χ3n) is 4.38. The van der Waals surface area contributed by atoms with Crippen LogP contribution in [0.2, 0.25) is 0 Å². The third kappa shape index (κ3) is 2.75. The highest BCUT2D eigenvalue weighted by molar-refractivity contribution is 7.87. The fourth-order valence-electron chi connectivity index (χ4n) is 3.30. The number of rotatable bonds is 3. The van der Waals surface area contributed by atoms with Crippen LogP contribution in [-0.2, 0) is 16.6 Å². The van der Waals surface area contributed by atoms with E-state index in [1.165, 1.54) is 5.56 Å². The Kier molecular flexibility index (Phi) is 3.84. The van der Waals surface area contributed by atoms with Crippen LogP contribution < -0.4 is 4.72 Å². The summed E-state index contributed by atoms with van der Waals surface area (Å²) in [7, 11) is -3.36. The van der Waals surface area contributed by atoms with Crippen molar-refractivity contribution in [2.24, 2.45) is 5.92 Å². The zero-order valence-corrected chi connectivity index (χ0v) is 12.7. The number of hydrogen-bond acceptors (Lipinski definition) is 2. The average molecular weight is 294 g/mol. The molecule has 1 fully saturated rings. The number of fused-ring (bicyclic) bond motifs is 1. The van der Waals surface area contributed by atoms with Gasteiger partial charge in [0.05, 0.1) is 0 Å². The Balaban J connectivity index is 1.74. The Morgan fingerprint density at radius 2 is 2.05 bits per heavy atom. The van der Waals surface area contributed by atoms with Crippen LogP contribution in [0.15, 0.2) is 24.3 Å². The molecule has 1 heterocycles. The molecule has 2 aliphatic rings. The van der Waals surface area contributed by atoms with Gasteiger partial charge in [0.2, 0.25) is 0 Å². The summed E-state index contributed by atoms with van der Waals surface area (Å²) in [6.45, 7) is 3.41. The first-order chi connectivity index (χ1) is 9.56. The molecule has 0 bridgehead atoms. The van der Waals surface area contributed by atoms with Crippen LogP contribution >= 0.6 is 0 Å². The molecule has 1 aromatic carbocycles. The lowest BCUT2D eigenvalue weighted by atomic mass is 10.0. The van der Waals surface area contributed by atoms with Crippen molar-refractivity contribution in [2.75, 3.05) is 13.1 Å². The fraction of sp³-hybridized carbons (Fsp3) is 0.600. The number of nitrogens with zero attached hydrogens (tertiary/aromatic N) is 1. The second kappa shape index (κ2) is 5.47. The summed E-state index contributed by atoms with van der Waals surface area (Å²) in [6, 6.07) is 8.06. The first-order valence-electron chi connectivity index (χ1n) is 7.41. The van der Waals surface area contributed by atoms with E-state index in [0.717, 1.165) is 31.2 Å². The molecule has 0 spiro atoms. The minimum Gasteiger partial charge on any atom is -0.195 e. The normalized spacial score (nSPS) is 27.4. The summed E-state index contributed by atoms with van der Waals surface area (Å²) in [5, 5.41) is 0. The Labute approximate surface area is 121 Å². The average Bonchev–Trinajstić information content (AvgIpc) is 2.82. The predicted molar refractivity (Wildman–Crippen MR) is 79.5 cm³/mol. The highest BCUT2D eigenvalue weighted by Gasteiger charge is 2.31. The van der Waals surface area contributed by atoms with Crippen molar-refractivity contribution in [3.63, 3.8) is 0 Å². The molecule has 1 saturated heterocycles. The van der Waals surface area contributed by atoms with Gasteiger partial charge in [0.25, 0.3) is 10.2 Å². The first kappa shape index (κ1) is 14.0. The largest absolute Gasteiger partial charge is 0.280 e. The van der Waals surface area contributed by atoms with E-state index in [9.17, 15) is 8.42 Å². The lowest BCUT2D eigenvalue weighted by Crippen LogP contribution is -2.46. The molecule has 5 heteroatoms. The zero-order valence-electron chi connectivity index (χ0n) is 11.9. The highest BCUT2D eigenvalue weighted by Crippen LogP contribution is 2.32. The van der Waals surface area contributed by atoms with E-state index < -0.39 is 10.2 Å². The number of nitrogens with one attached hydrogen (secondary N) is 1. The van der Waals surface area contributed by atoms with Gasteiger partial charge in [-0.05, 0) is 42.7 Å². The van der Waals surface area contributed by atoms with Crippen LogP contribution in [0.3, 0.4) is 0 Å². The Hall–Kier alpha value is -0.910. The van der Waals surface area contributed by atoms with Crippen molar-refractivity contribution in [3.05, 3.63) is 35.4 Å². The molecule has 1 aliphatic heterocycles. The highest BCUT2D eigenvalue weighted by atomic mass is 32.2. The maximum Gasteiger partial charge on any atom is 0.280 e. The number of hydrogen-bond donors (Lipinski definition) is 1. The molecule has 0 saturated carbocycles. The lowest BCUT2D eigenvalue weighted by molar-refractivity contribution is 0.276. The van der Waals surface area contributed by atoms with E-state index in [2.05, 4.69) is 17.7 Å². The van der Waals surface area contributed by atoms with E-state index >= 15 is 0 Å². The maximum atomic E-state index is 12.5. The van der Waals surface area contributed by atoms with Gasteiger partial charge in [-0.15, -0.1) is 0 Å². The second-order valence-corrected chi connectivity index (χ2v) is 7.72. The number of aryl methyl sites for hydroxylation is 1. The molecule has 0 radical (unpaired) electrons. The summed E-state index contributed by atoms with van der Waals surface area (Å²) in [6.07, 6.45) is 3.91. The molecule has 1 aromatic rings. The molecule has 0 aromatic heterocycles. The monoisotopic (exact) mass is 294 g/mol. The Morgan fingerprint density at radius 1 is 1.25 bits per heavy atom. The van der Waals surface area contributed by atoms with Gasteiger partial charge in [-0.1, -0.05) is 31.2 Å². The summed E-state index contributed by atoms with van der Waals surface area (Å²) in [5.74, 6) is 0.455. The third-order valence-corrected chi connectivity index (χ3v) is 5.98. The van der Waals surface area contributed by atoms with Gasteiger partial charge in [-0.2, -0.15) is 17.4 Å². The summed E-state index contributed by atoms with van der Waals surface area (Å²) >= 11 is 0. The molecule has 110 valence electrons. The van der Waals surface area contributed by atoms with Gasteiger partial charge in [0.1, 0.15) is 0 Å². The van der Waals surface area contributed by atoms with Gasteiger partial charge in [-0.25, -0.2) is 0 Å². The van der Waals surface area contributed by atoms with Crippen LogP contribution in [0.25, 0.3) is 0 Å². The van der Waals surface area contributed by atoms with Gasteiger partial charge < -0.3 is 0 Å². The topological polar surface area (TPSA) is 49.4 Å². The first-order valence-corrected chi connectivity index (χ1v) is 8.85. The standard InChI is InChI=1S/C15H22N2O2S/c1-12-5-4-10-17(11-12)20(18,19)16-15-9-8-13-6-2-3-7-14(13)15/h2-3,6-7,12,15-16H,4-5,8-11H2,1H3/t12-,15+/m1/s1. The van der Waals surface area contributed by atoms with E-state index in [1.807, 2.05) is 18.2 Å². The van der Waals surface area contributed by atoms with Crippen molar-refractivity contribution >= 4 is 10.2 Å². The number of benzene rings is 1. The van der Waals surface area contributed by atoms with Crippen LogP contribution in [0.1, 0.15) is 43.4 Å². The molecule has 1 aliphatic carbocycles. The second-order valence-electron chi connectivity index (χ2n) is 6.02. The van der Waals surface area contributed by atoms with Crippen LogP contribution in [-0.4, -0.2) is 25.8 Å². The van der Waals surface area contributed by atoms with E-state index in [0.29, 0.717) is 19.0 Å². The molecule has 1 N–H and O–H groups in total. The van der Waals surface area contributed by atoms with Crippen LogP contribution in [0.5, 0.6) is 0 Å². The van der Waals surface area contributed by atoms with E-state index in [-0.39, 0.29) is 6.04 Å². The fourth-order valence-corrected chi connectivity index (χ4v) is 4.87. The maximum absolute atomic E-state index is 12.5. The van der Waals surface area contributed by atoms with Gasteiger partial charge in [0.15, 0.2) is 0 Å². The molecule has 4 nitrogen and oxygen atoms in total. The zero-order chi connectivity index (χ0) is 14.2. The minimum atomic E-state index is -3.36. The van der Waals surface area contributed by atoms with Crippen molar-refractivity contribution < 1.29 is 8.42 Å². The Morgan fingerprint density at radius 3 is 2.85 bits per heavy atom. The molecule has 3 rings (SSSR count). The number of piperidine rings is 1. The van der Waals surface area contributed by atoms with Crippen molar-refractivity contribution in [1.29, 1.82) is 0 Å². The van der Waals surface area contributed by atoms with Crippen LogP contribution in [0.4, 0.5) is 0 Å². The van der Waals surface area contributed by atoms with Gasteiger partial charge in [0, 0.05) is 19.1 Å². The van der Waals surface area contributed by atoms with Gasteiger partial charge >= 0.3 is 0 Å². The summed E-state index contributed by atoms with van der Waals surface area (Å²) in [5.41, 5.74) is 2.41. The smallest absolute Gasteiger partial charge is 0.195 e. The molecule has 0 amide bonds. The van der Waals surface area contributed by atoms with Crippen molar-refractivity contribution in [2.45, 2.75) is 38.6 Å². The van der Waals surface area contributed by atoms with Crippen molar-refractivity contribution in [3.8, 4) is 0 Å². The quantitative estimate of drug-likeness (QED) is 0.929. The molecule has 20 heavy (non-hydrogen) atoms. The summed E-state index contributed by atoms with van der Waals surface area (Å²) < 4.78 is 29.5. The van der Waals surface area contributed by atoms with Crippen LogP contribution in [0, 0.1) is 5.92 Å². The van der Waals surface area contributed by atoms with E-state index in [4.69, 9.17) is 0 Å². The Bertz CT molecular complexity index is 585. The van der Waals surface area contributed by atoms with Gasteiger partial charge in [-0.3, -0.25) is 0 Å². The molecule has 0 unspecified atom stereocenters. The molecule has 2 atom stereocenters. The van der Waals surface area contributed by atoms with Crippen molar-refractivity contribution in [1.82, 2.24) is 9.03 Å². The SMILES string of the molecule is C[C@@H]1CCCN(S(=O)(=O)N[C@H]2CCc3ccccc32)C1. The van der Waals surface area contributed by atoms with E-state index in [1.54, 1.807) is 4.31 Å². The minimum absolute atomic E-state index is 0.0616. The molecular formula is C15H22N2O2S. The molecular weight excluding hydrogens is 272 g/mol.